The third-order valence-corrected chi connectivity index (χ3v) is 4.45. The maximum absolute atomic E-state index is 12.2. The molecule has 2 aromatic carbocycles. The summed E-state index contributed by atoms with van der Waals surface area (Å²) in [5.74, 6) is -1.11. The number of carbonyl (C=O) groups excluding carboxylic acids is 3. The van der Waals surface area contributed by atoms with E-state index in [9.17, 15) is 24.5 Å². The largest absolute Gasteiger partial charge is 0.454 e. The number of ether oxygens (including phenoxy) is 1. The van der Waals surface area contributed by atoms with Crippen molar-refractivity contribution < 1.29 is 24.0 Å². The number of benzene rings is 2. The minimum absolute atomic E-state index is 0.0587. The summed E-state index contributed by atoms with van der Waals surface area (Å²) in [4.78, 5) is 47.8. The molecule has 1 saturated heterocycles. The summed E-state index contributed by atoms with van der Waals surface area (Å²) >= 11 is 0. The Morgan fingerprint density at radius 3 is 2.52 bits per heavy atom. The summed E-state index contributed by atoms with van der Waals surface area (Å²) in [7, 11) is 0. The molecule has 0 radical (unpaired) electrons. The average Bonchev–Trinajstić information content (AvgIpc) is 3.16. The highest BCUT2D eigenvalue weighted by Gasteiger charge is 2.21. The number of hydrogen-bond donors (Lipinski definition) is 0. The molecule has 1 aliphatic rings. The summed E-state index contributed by atoms with van der Waals surface area (Å²) in [6, 6.07) is 12.5. The first-order chi connectivity index (χ1) is 14.0. The molecule has 0 bridgehead atoms. The molecule has 29 heavy (non-hydrogen) atoms. The van der Waals surface area contributed by atoms with Crippen LogP contribution < -0.4 is 4.90 Å². The van der Waals surface area contributed by atoms with E-state index >= 15 is 0 Å². The van der Waals surface area contributed by atoms with Gasteiger partial charge in [-0.05, 0) is 42.8 Å². The van der Waals surface area contributed by atoms with Gasteiger partial charge in [-0.15, -0.1) is 0 Å². The second kappa shape index (κ2) is 8.92. The van der Waals surface area contributed by atoms with Crippen molar-refractivity contribution in [1.29, 1.82) is 0 Å². The standard InChI is InChI=1S/C21H18N2O6/c24-19(16-7-10-17(11-8-16)22-13-3-6-20(22)25)14-29-21(26)12-9-15-4-1-2-5-18(15)23(27)28/h1-2,4-5,7-12H,3,6,13-14H2/b12-9+. The number of amides is 1. The number of nitrogens with zero attached hydrogens (tertiary/aromatic N) is 2. The molecule has 0 unspecified atom stereocenters. The first-order valence-corrected chi connectivity index (χ1v) is 8.97. The molecule has 0 atom stereocenters. The summed E-state index contributed by atoms with van der Waals surface area (Å²) in [5, 5.41) is 11.0. The Labute approximate surface area is 166 Å². The molecule has 1 aliphatic heterocycles. The van der Waals surface area contributed by atoms with Gasteiger partial charge in [0, 0.05) is 36.4 Å². The van der Waals surface area contributed by atoms with Gasteiger partial charge in [0.25, 0.3) is 5.69 Å². The van der Waals surface area contributed by atoms with E-state index in [0.717, 1.165) is 18.2 Å². The quantitative estimate of drug-likeness (QED) is 0.235. The molecular weight excluding hydrogens is 376 g/mol. The van der Waals surface area contributed by atoms with Crippen LogP contribution in [-0.4, -0.2) is 35.7 Å². The molecular formula is C21H18N2O6. The van der Waals surface area contributed by atoms with E-state index < -0.39 is 23.3 Å². The minimum atomic E-state index is -0.782. The van der Waals surface area contributed by atoms with E-state index in [2.05, 4.69) is 0 Å². The normalized spacial score (nSPS) is 13.7. The number of Topliss-reactive ketones (excluding diaryl/α,β-unsaturated/α-hetero) is 1. The van der Waals surface area contributed by atoms with Crippen molar-refractivity contribution >= 4 is 35.1 Å². The van der Waals surface area contributed by atoms with Crippen LogP contribution in [0.25, 0.3) is 6.08 Å². The summed E-state index contributed by atoms with van der Waals surface area (Å²) in [6.07, 6.45) is 3.65. The van der Waals surface area contributed by atoms with Gasteiger partial charge in [-0.1, -0.05) is 12.1 Å². The highest BCUT2D eigenvalue weighted by atomic mass is 16.6. The van der Waals surface area contributed by atoms with Crippen molar-refractivity contribution in [3.05, 3.63) is 75.8 Å². The van der Waals surface area contributed by atoms with E-state index in [-0.39, 0.29) is 17.2 Å². The van der Waals surface area contributed by atoms with Crippen molar-refractivity contribution in [2.75, 3.05) is 18.1 Å². The van der Waals surface area contributed by atoms with Gasteiger partial charge in [-0.3, -0.25) is 19.7 Å². The van der Waals surface area contributed by atoms with E-state index in [0.29, 0.717) is 18.5 Å². The average molecular weight is 394 g/mol. The predicted molar refractivity (Wildman–Crippen MR) is 105 cm³/mol. The van der Waals surface area contributed by atoms with Crippen molar-refractivity contribution in [2.24, 2.45) is 0 Å². The third kappa shape index (κ3) is 4.92. The van der Waals surface area contributed by atoms with Crippen LogP contribution in [0.1, 0.15) is 28.8 Å². The highest BCUT2D eigenvalue weighted by Crippen LogP contribution is 2.22. The van der Waals surface area contributed by atoms with E-state index in [1.807, 2.05) is 0 Å². The lowest BCUT2D eigenvalue weighted by molar-refractivity contribution is -0.385. The van der Waals surface area contributed by atoms with Crippen LogP contribution in [0.5, 0.6) is 0 Å². The third-order valence-electron chi connectivity index (χ3n) is 4.45. The second-order valence-corrected chi connectivity index (χ2v) is 6.38. The van der Waals surface area contributed by atoms with Crippen molar-refractivity contribution in [3.8, 4) is 0 Å². The van der Waals surface area contributed by atoms with Crippen molar-refractivity contribution in [3.63, 3.8) is 0 Å². The number of hydrogen-bond acceptors (Lipinski definition) is 6. The first kappa shape index (κ1) is 19.9. The van der Waals surface area contributed by atoms with Crippen molar-refractivity contribution in [2.45, 2.75) is 12.8 Å². The smallest absolute Gasteiger partial charge is 0.331 e. The van der Waals surface area contributed by atoms with E-state index in [1.165, 1.54) is 24.3 Å². The van der Waals surface area contributed by atoms with Crippen LogP contribution in [0, 0.1) is 10.1 Å². The van der Waals surface area contributed by atoms with Gasteiger partial charge >= 0.3 is 5.97 Å². The maximum atomic E-state index is 12.2. The summed E-state index contributed by atoms with van der Waals surface area (Å²) in [5.41, 5.74) is 1.21. The Hall–Kier alpha value is -3.81. The molecule has 8 nitrogen and oxygen atoms in total. The van der Waals surface area contributed by atoms with E-state index in [4.69, 9.17) is 4.74 Å². The van der Waals surface area contributed by atoms with Gasteiger partial charge in [-0.25, -0.2) is 4.79 Å². The molecule has 1 amide bonds. The van der Waals surface area contributed by atoms with Crippen LogP contribution in [0.3, 0.4) is 0 Å². The Balaban J connectivity index is 1.56. The molecule has 0 aromatic heterocycles. The fourth-order valence-corrected chi connectivity index (χ4v) is 2.97. The topological polar surface area (TPSA) is 107 Å². The van der Waals surface area contributed by atoms with Gasteiger partial charge in [0.15, 0.2) is 12.4 Å². The monoisotopic (exact) mass is 394 g/mol. The number of nitro benzene ring substituents is 1. The number of nitro groups is 1. The molecule has 1 heterocycles. The van der Waals surface area contributed by atoms with Crippen molar-refractivity contribution in [1.82, 2.24) is 0 Å². The first-order valence-electron chi connectivity index (χ1n) is 8.97. The van der Waals surface area contributed by atoms with Gasteiger partial charge in [0.2, 0.25) is 5.91 Å². The number of ketones is 1. The molecule has 0 aliphatic carbocycles. The fourth-order valence-electron chi connectivity index (χ4n) is 2.97. The number of carbonyl (C=O) groups is 3. The predicted octanol–water partition coefficient (Wildman–Crippen LogP) is 3.16. The molecule has 0 N–H and O–H groups in total. The Kier molecular flexibility index (Phi) is 6.13. The SMILES string of the molecule is O=C(/C=C/c1ccccc1[N+](=O)[O-])OCC(=O)c1ccc(N2CCCC2=O)cc1. The van der Waals surface area contributed by atoms with Crippen LogP contribution in [-0.2, 0) is 14.3 Å². The molecule has 8 heteroatoms. The fraction of sp³-hybridized carbons (Fsp3) is 0.190. The Morgan fingerprint density at radius 1 is 1.14 bits per heavy atom. The second-order valence-electron chi connectivity index (χ2n) is 6.38. The number of para-hydroxylation sites is 1. The molecule has 2 aromatic rings. The molecule has 3 rings (SSSR count). The molecule has 0 spiro atoms. The van der Waals surface area contributed by atoms with Gasteiger partial charge in [-0.2, -0.15) is 0 Å². The van der Waals surface area contributed by atoms with Crippen LogP contribution >= 0.6 is 0 Å². The lowest BCUT2D eigenvalue weighted by Crippen LogP contribution is -2.23. The number of rotatable bonds is 7. The molecule has 148 valence electrons. The summed E-state index contributed by atoms with van der Waals surface area (Å²) in [6.45, 7) is 0.206. The Bertz CT molecular complexity index is 981. The number of anilines is 1. The Morgan fingerprint density at radius 2 is 1.86 bits per heavy atom. The minimum Gasteiger partial charge on any atom is -0.454 e. The zero-order valence-electron chi connectivity index (χ0n) is 15.4. The van der Waals surface area contributed by atoms with Crippen LogP contribution in [0.2, 0.25) is 0 Å². The highest BCUT2D eigenvalue weighted by molar-refractivity contribution is 6.00. The molecule has 1 fully saturated rings. The lowest BCUT2D eigenvalue weighted by atomic mass is 10.1. The summed E-state index contributed by atoms with van der Waals surface area (Å²) < 4.78 is 4.92. The van der Waals surface area contributed by atoms with Crippen LogP contribution in [0.15, 0.2) is 54.6 Å². The maximum Gasteiger partial charge on any atom is 0.331 e. The zero-order chi connectivity index (χ0) is 20.8. The van der Waals surface area contributed by atoms with Gasteiger partial charge in [0.05, 0.1) is 10.5 Å². The number of esters is 1. The van der Waals surface area contributed by atoms with Gasteiger partial charge in [0.1, 0.15) is 0 Å². The van der Waals surface area contributed by atoms with E-state index in [1.54, 1.807) is 35.2 Å². The zero-order valence-corrected chi connectivity index (χ0v) is 15.4. The lowest BCUT2D eigenvalue weighted by Gasteiger charge is -2.15. The van der Waals surface area contributed by atoms with Crippen LogP contribution in [0.4, 0.5) is 11.4 Å². The molecule has 0 saturated carbocycles. The van der Waals surface area contributed by atoms with Gasteiger partial charge < -0.3 is 9.64 Å².